The van der Waals surface area contributed by atoms with E-state index in [0.717, 1.165) is 23.4 Å². The highest BCUT2D eigenvalue weighted by atomic mass is 35.5. The normalized spacial score (nSPS) is 10.1. The van der Waals surface area contributed by atoms with Gasteiger partial charge in [0.25, 0.3) is 0 Å². The van der Waals surface area contributed by atoms with Crippen LogP contribution in [-0.2, 0) is 11.2 Å². The smallest absolute Gasteiger partial charge is 0.227 e. The van der Waals surface area contributed by atoms with Gasteiger partial charge in [0, 0.05) is 11.6 Å². The second kappa shape index (κ2) is 8.32. The van der Waals surface area contributed by atoms with Crippen molar-refractivity contribution in [3.63, 3.8) is 0 Å². The second-order valence-electron chi connectivity index (χ2n) is 4.60. The molecular formula is C17H18ClNO2. The zero-order chi connectivity index (χ0) is 14.9. The van der Waals surface area contributed by atoms with Crippen LogP contribution in [0.2, 0.25) is 0 Å². The highest BCUT2D eigenvalue weighted by molar-refractivity contribution is 6.17. The summed E-state index contributed by atoms with van der Waals surface area (Å²) in [5.41, 5.74) is 1.95. The fourth-order valence-corrected chi connectivity index (χ4v) is 2.08. The Hall–Kier alpha value is -2.00. The Balaban J connectivity index is 1.74. The van der Waals surface area contributed by atoms with Gasteiger partial charge in [-0.1, -0.05) is 30.3 Å². The lowest BCUT2D eigenvalue weighted by atomic mass is 10.1. The van der Waals surface area contributed by atoms with Crippen LogP contribution >= 0.6 is 11.6 Å². The van der Waals surface area contributed by atoms with Crippen LogP contribution in [0.4, 0.5) is 5.69 Å². The van der Waals surface area contributed by atoms with Crippen LogP contribution in [0.15, 0.2) is 54.6 Å². The van der Waals surface area contributed by atoms with Gasteiger partial charge >= 0.3 is 0 Å². The Kier molecular flexibility index (Phi) is 6.10. The maximum absolute atomic E-state index is 11.8. The van der Waals surface area contributed by atoms with Gasteiger partial charge in [-0.2, -0.15) is 0 Å². The van der Waals surface area contributed by atoms with Gasteiger partial charge in [-0.3, -0.25) is 4.79 Å². The number of aryl methyl sites for hydroxylation is 1. The van der Waals surface area contributed by atoms with Crippen LogP contribution in [0, 0.1) is 0 Å². The molecule has 0 aliphatic rings. The number of hydrogen-bond acceptors (Lipinski definition) is 2. The molecule has 110 valence electrons. The molecule has 0 atom stereocenters. The number of nitrogens with one attached hydrogen (secondary N) is 1. The number of carbonyl (C=O) groups is 1. The maximum Gasteiger partial charge on any atom is 0.227 e. The van der Waals surface area contributed by atoms with Crippen molar-refractivity contribution in [2.75, 3.05) is 17.8 Å². The molecule has 3 nitrogen and oxygen atoms in total. The molecule has 0 unspecified atom stereocenters. The van der Waals surface area contributed by atoms with E-state index in [4.69, 9.17) is 16.3 Å². The van der Waals surface area contributed by atoms with Crippen molar-refractivity contribution in [3.8, 4) is 5.75 Å². The summed E-state index contributed by atoms with van der Waals surface area (Å²) in [6.45, 7) is 0.361. The topological polar surface area (TPSA) is 38.3 Å². The number of benzene rings is 2. The Labute approximate surface area is 129 Å². The molecule has 0 aromatic heterocycles. The van der Waals surface area contributed by atoms with Crippen molar-refractivity contribution in [2.24, 2.45) is 0 Å². The number of carbonyl (C=O) groups excluding carboxylic acids is 1. The van der Waals surface area contributed by atoms with E-state index in [1.807, 2.05) is 54.6 Å². The molecule has 0 saturated heterocycles. The summed E-state index contributed by atoms with van der Waals surface area (Å²) in [5, 5.41) is 2.85. The van der Waals surface area contributed by atoms with E-state index < -0.39 is 0 Å². The molecule has 4 heteroatoms. The maximum atomic E-state index is 11.8. The summed E-state index contributed by atoms with van der Waals surface area (Å²) in [7, 11) is 0. The Morgan fingerprint density at radius 1 is 1.05 bits per heavy atom. The molecule has 0 fully saturated rings. The van der Waals surface area contributed by atoms with Gasteiger partial charge in [0.15, 0.2) is 0 Å². The SMILES string of the molecule is O=C(CCOc1ccccc1)Nc1ccc(CCCl)cc1. The lowest BCUT2D eigenvalue weighted by Gasteiger charge is -2.08. The molecule has 0 heterocycles. The first kappa shape index (κ1) is 15.4. The number of alkyl halides is 1. The summed E-state index contributed by atoms with van der Waals surface area (Å²) in [6.07, 6.45) is 1.15. The Morgan fingerprint density at radius 2 is 1.76 bits per heavy atom. The van der Waals surface area contributed by atoms with Gasteiger partial charge in [0.2, 0.25) is 5.91 Å². The first-order chi connectivity index (χ1) is 10.3. The van der Waals surface area contributed by atoms with E-state index in [0.29, 0.717) is 18.9 Å². The number of ether oxygens (including phenoxy) is 1. The molecule has 2 rings (SSSR count). The minimum Gasteiger partial charge on any atom is -0.493 e. The number of para-hydroxylation sites is 1. The van der Waals surface area contributed by atoms with Gasteiger partial charge in [0.05, 0.1) is 13.0 Å². The monoisotopic (exact) mass is 303 g/mol. The largest absolute Gasteiger partial charge is 0.493 e. The molecule has 0 bridgehead atoms. The van der Waals surface area contributed by atoms with Crippen LogP contribution in [0.1, 0.15) is 12.0 Å². The third kappa shape index (κ3) is 5.48. The third-order valence-corrected chi connectivity index (χ3v) is 3.15. The standard InChI is InChI=1S/C17H18ClNO2/c18-12-10-14-6-8-15(9-7-14)19-17(20)11-13-21-16-4-2-1-3-5-16/h1-9H,10-13H2,(H,19,20). The quantitative estimate of drug-likeness (QED) is 0.788. The third-order valence-electron chi connectivity index (χ3n) is 2.96. The molecule has 0 aliphatic carbocycles. The zero-order valence-electron chi connectivity index (χ0n) is 11.7. The van der Waals surface area contributed by atoms with Crippen molar-refractivity contribution in [1.82, 2.24) is 0 Å². The summed E-state index contributed by atoms with van der Waals surface area (Å²) in [6, 6.07) is 17.2. The molecule has 0 spiro atoms. The summed E-state index contributed by atoms with van der Waals surface area (Å²) in [5.74, 6) is 1.31. The molecule has 0 saturated carbocycles. The molecule has 1 amide bonds. The fourth-order valence-electron chi connectivity index (χ4n) is 1.87. The van der Waals surface area contributed by atoms with Crippen LogP contribution in [0.25, 0.3) is 0 Å². The minimum atomic E-state index is -0.0592. The molecule has 2 aromatic carbocycles. The number of anilines is 1. The highest BCUT2D eigenvalue weighted by Crippen LogP contribution is 2.12. The Bertz CT molecular complexity index is 555. The highest BCUT2D eigenvalue weighted by Gasteiger charge is 2.03. The van der Waals surface area contributed by atoms with Crippen molar-refractivity contribution < 1.29 is 9.53 Å². The van der Waals surface area contributed by atoms with E-state index >= 15 is 0 Å². The first-order valence-corrected chi connectivity index (χ1v) is 7.44. The van der Waals surface area contributed by atoms with Crippen molar-refractivity contribution in [2.45, 2.75) is 12.8 Å². The lowest BCUT2D eigenvalue weighted by Crippen LogP contribution is -2.15. The number of rotatable bonds is 7. The fraction of sp³-hybridized carbons (Fsp3) is 0.235. The first-order valence-electron chi connectivity index (χ1n) is 6.90. The number of hydrogen-bond donors (Lipinski definition) is 1. The van der Waals surface area contributed by atoms with Crippen molar-refractivity contribution >= 4 is 23.2 Å². The van der Waals surface area contributed by atoms with Crippen LogP contribution < -0.4 is 10.1 Å². The molecule has 21 heavy (non-hydrogen) atoms. The van der Waals surface area contributed by atoms with Gasteiger partial charge in [0.1, 0.15) is 5.75 Å². The molecular weight excluding hydrogens is 286 g/mol. The summed E-state index contributed by atoms with van der Waals surface area (Å²) < 4.78 is 5.49. The van der Waals surface area contributed by atoms with Gasteiger partial charge in [-0.25, -0.2) is 0 Å². The molecule has 1 N–H and O–H groups in total. The molecule has 0 radical (unpaired) electrons. The predicted molar refractivity (Wildman–Crippen MR) is 86.0 cm³/mol. The molecule has 2 aromatic rings. The van der Waals surface area contributed by atoms with E-state index in [1.54, 1.807) is 0 Å². The zero-order valence-corrected chi connectivity index (χ0v) is 12.5. The Morgan fingerprint density at radius 3 is 2.43 bits per heavy atom. The van der Waals surface area contributed by atoms with Crippen molar-refractivity contribution in [3.05, 3.63) is 60.2 Å². The van der Waals surface area contributed by atoms with Crippen LogP contribution in [0.3, 0.4) is 0 Å². The number of halogens is 1. The van der Waals surface area contributed by atoms with E-state index in [-0.39, 0.29) is 5.91 Å². The molecule has 0 aliphatic heterocycles. The lowest BCUT2D eigenvalue weighted by molar-refractivity contribution is -0.116. The van der Waals surface area contributed by atoms with E-state index in [1.165, 1.54) is 0 Å². The summed E-state index contributed by atoms with van der Waals surface area (Å²) in [4.78, 5) is 11.8. The van der Waals surface area contributed by atoms with Crippen LogP contribution in [0.5, 0.6) is 5.75 Å². The second-order valence-corrected chi connectivity index (χ2v) is 4.97. The average molecular weight is 304 g/mol. The van der Waals surface area contributed by atoms with E-state index in [9.17, 15) is 4.79 Å². The van der Waals surface area contributed by atoms with Gasteiger partial charge in [-0.05, 0) is 36.2 Å². The van der Waals surface area contributed by atoms with Gasteiger partial charge < -0.3 is 10.1 Å². The van der Waals surface area contributed by atoms with Crippen molar-refractivity contribution in [1.29, 1.82) is 0 Å². The van der Waals surface area contributed by atoms with E-state index in [2.05, 4.69) is 5.32 Å². The number of amides is 1. The van der Waals surface area contributed by atoms with Gasteiger partial charge in [-0.15, -0.1) is 11.6 Å². The van der Waals surface area contributed by atoms with Crippen LogP contribution in [-0.4, -0.2) is 18.4 Å². The average Bonchev–Trinajstić information content (AvgIpc) is 2.51. The predicted octanol–water partition coefficient (Wildman–Crippen LogP) is 3.88. The minimum absolute atomic E-state index is 0.0592. The summed E-state index contributed by atoms with van der Waals surface area (Å²) >= 11 is 5.68.